The minimum atomic E-state index is -0.872. The van der Waals surface area contributed by atoms with E-state index in [0.29, 0.717) is 53.8 Å². The number of nitrogens with one attached hydrogen (secondary N) is 1. The van der Waals surface area contributed by atoms with Gasteiger partial charge in [0.1, 0.15) is 35.6 Å². The van der Waals surface area contributed by atoms with Crippen molar-refractivity contribution in [1.82, 2.24) is 25.2 Å². The van der Waals surface area contributed by atoms with Crippen LogP contribution in [0.2, 0.25) is 0 Å². The molecule has 2 aromatic carbocycles. The highest BCUT2D eigenvalue weighted by Crippen LogP contribution is 2.48. The molecular formula is C35H35F3N6O. The van der Waals surface area contributed by atoms with Gasteiger partial charge in [-0.05, 0) is 73.9 Å². The summed E-state index contributed by atoms with van der Waals surface area (Å²) in [5.74, 6) is -0.256. The van der Waals surface area contributed by atoms with E-state index in [1.807, 2.05) is 18.2 Å². The van der Waals surface area contributed by atoms with Crippen molar-refractivity contribution >= 4 is 27.5 Å². The quantitative estimate of drug-likeness (QED) is 0.313. The fourth-order valence-electron chi connectivity index (χ4n) is 9.82. The third-order valence-corrected chi connectivity index (χ3v) is 11.8. The minimum Gasteiger partial charge on any atom is -0.461 e. The number of hydrogen-bond donors (Lipinski definition) is 1. The van der Waals surface area contributed by atoms with Crippen LogP contribution in [0.1, 0.15) is 62.1 Å². The summed E-state index contributed by atoms with van der Waals surface area (Å²) in [7, 11) is 0. The highest BCUT2D eigenvalue weighted by Gasteiger charge is 2.50. The molecule has 4 bridgehead atoms. The highest BCUT2D eigenvalue weighted by atomic mass is 19.1. The third kappa shape index (κ3) is 3.81. The van der Waals surface area contributed by atoms with Crippen molar-refractivity contribution in [2.75, 3.05) is 31.1 Å². The second kappa shape index (κ2) is 9.51. The summed E-state index contributed by atoms with van der Waals surface area (Å²) in [4.78, 5) is 19.5. The van der Waals surface area contributed by atoms with E-state index in [4.69, 9.17) is 19.7 Å². The molecule has 1 N–H and O–H groups in total. The number of piperazine rings is 1. The summed E-state index contributed by atoms with van der Waals surface area (Å²) in [6.45, 7) is 2.33. The zero-order valence-corrected chi connectivity index (χ0v) is 25.0. The minimum absolute atomic E-state index is 0.124. The Kier molecular flexibility index (Phi) is 5.64. The number of fused-ring (bicyclic) bond motifs is 8. The van der Waals surface area contributed by atoms with E-state index in [0.717, 1.165) is 68.1 Å². The molecule has 2 aromatic heterocycles. The van der Waals surface area contributed by atoms with Gasteiger partial charge < -0.3 is 15.0 Å². The first-order valence-corrected chi connectivity index (χ1v) is 16.6. The molecule has 0 saturated carbocycles. The molecule has 4 saturated heterocycles. The zero-order valence-electron chi connectivity index (χ0n) is 25.0. The molecule has 10 rings (SSSR count). The summed E-state index contributed by atoms with van der Waals surface area (Å²) < 4.78 is 53.7. The molecule has 6 aliphatic heterocycles. The lowest BCUT2D eigenvalue weighted by molar-refractivity contribution is 0.107. The van der Waals surface area contributed by atoms with Gasteiger partial charge in [-0.15, -0.1) is 0 Å². The Balaban J connectivity index is 1.20. The Morgan fingerprint density at radius 2 is 1.93 bits per heavy atom. The standard InChI is InChI=1S/C35H35F3N6O/c36-20-14-35(11-2-12-43(35)15-20)17-45-34-41-32-28-30-19(6-10-26-25-9-7-21(39-25)16-44(26)33(28)42-34)13-23-24(37)8-5-18-3-1-4-22(27(18)23)31(40-30)29(32)38/h1,3-5,8,19-21,25-26,39H,2,6-7,9-17H2/t19-,20+,21+,25-,26+,35-/m0/s1. The second-order valence-electron chi connectivity index (χ2n) is 14.3. The smallest absolute Gasteiger partial charge is 0.319 e. The largest absolute Gasteiger partial charge is 0.461 e. The zero-order chi connectivity index (χ0) is 30.0. The van der Waals surface area contributed by atoms with Crippen LogP contribution in [0.15, 0.2) is 30.3 Å². The summed E-state index contributed by atoms with van der Waals surface area (Å²) in [5, 5.41) is 6.03. The van der Waals surface area contributed by atoms with Crippen LogP contribution < -0.4 is 15.0 Å². The number of benzene rings is 2. The molecule has 4 fully saturated rings. The van der Waals surface area contributed by atoms with Gasteiger partial charge in [0.05, 0.1) is 16.6 Å². The van der Waals surface area contributed by atoms with Crippen molar-refractivity contribution in [2.45, 2.75) is 87.1 Å². The van der Waals surface area contributed by atoms with Gasteiger partial charge in [-0.3, -0.25) is 4.90 Å². The van der Waals surface area contributed by atoms with E-state index >= 15 is 8.78 Å². The number of hydrogen-bond acceptors (Lipinski definition) is 7. The molecule has 10 heteroatoms. The van der Waals surface area contributed by atoms with Crippen LogP contribution >= 0.6 is 0 Å². The fraction of sp³-hybridized carbons (Fsp3) is 0.514. The molecule has 7 nitrogen and oxygen atoms in total. The fourth-order valence-corrected chi connectivity index (χ4v) is 9.82. The second-order valence-corrected chi connectivity index (χ2v) is 14.3. The molecule has 0 radical (unpaired) electrons. The number of halogens is 3. The van der Waals surface area contributed by atoms with Crippen molar-refractivity contribution in [3.8, 4) is 17.3 Å². The van der Waals surface area contributed by atoms with Crippen LogP contribution in [0, 0.1) is 11.6 Å². The Labute approximate surface area is 259 Å². The van der Waals surface area contributed by atoms with E-state index in [2.05, 4.69) is 15.1 Å². The van der Waals surface area contributed by atoms with Gasteiger partial charge >= 0.3 is 6.01 Å². The topological polar surface area (TPSA) is 66.4 Å². The molecule has 45 heavy (non-hydrogen) atoms. The molecule has 232 valence electrons. The lowest BCUT2D eigenvalue weighted by Gasteiger charge is -2.44. The van der Waals surface area contributed by atoms with Gasteiger partial charge in [-0.25, -0.2) is 18.2 Å². The van der Waals surface area contributed by atoms with Crippen molar-refractivity contribution in [2.24, 2.45) is 0 Å². The van der Waals surface area contributed by atoms with Crippen molar-refractivity contribution in [3.05, 3.63) is 53.2 Å². The first kappa shape index (κ1) is 26.7. The molecular weight excluding hydrogens is 577 g/mol. The Morgan fingerprint density at radius 3 is 2.87 bits per heavy atom. The van der Waals surface area contributed by atoms with Crippen LogP contribution in [0.3, 0.4) is 0 Å². The van der Waals surface area contributed by atoms with Gasteiger partial charge in [0.25, 0.3) is 0 Å². The average Bonchev–Trinajstić information content (AvgIpc) is 3.70. The van der Waals surface area contributed by atoms with Crippen molar-refractivity contribution < 1.29 is 17.9 Å². The van der Waals surface area contributed by atoms with Gasteiger partial charge in [-0.1, -0.05) is 24.3 Å². The van der Waals surface area contributed by atoms with E-state index in [9.17, 15) is 4.39 Å². The van der Waals surface area contributed by atoms with E-state index in [1.54, 1.807) is 6.07 Å². The first-order chi connectivity index (χ1) is 22.0. The lowest BCUT2D eigenvalue weighted by atomic mass is 9.81. The van der Waals surface area contributed by atoms with Crippen LogP contribution in [-0.2, 0) is 6.42 Å². The number of aromatic nitrogens is 3. The maximum Gasteiger partial charge on any atom is 0.319 e. The number of anilines is 1. The molecule has 0 amide bonds. The maximum absolute atomic E-state index is 17.1. The average molecular weight is 613 g/mol. The molecule has 6 atom stereocenters. The molecule has 0 aliphatic carbocycles. The predicted octanol–water partition coefficient (Wildman–Crippen LogP) is 5.82. The van der Waals surface area contributed by atoms with Crippen LogP contribution in [0.5, 0.6) is 6.01 Å². The van der Waals surface area contributed by atoms with Gasteiger partial charge in [0.2, 0.25) is 0 Å². The van der Waals surface area contributed by atoms with Crippen LogP contribution in [0.25, 0.3) is 32.9 Å². The monoisotopic (exact) mass is 612 g/mol. The molecule has 6 aliphatic rings. The predicted molar refractivity (Wildman–Crippen MR) is 165 cm³/mol. The van der Waals surface area contributed by atoms with Gasteiger partial charge in [-0.2, -0.15) is 9.97 Å². The summed E-state index contributed by atoms with van der Waals surface area (Å²) >= 11 is 0. The van der Waals surface area contributed by atoms with E-state index < -0.39 is 12.0 Å². The number of pyridine rings is 1. The Hall–Kier alpha value is -3.50. The molecule has 0 unspecified atom stereocenters. The van der Waals surface area contributed by atoms with E-state index in [1.165, 1.54) is 6.07 Å². The highest BCUT2D eigenvalue weighted by molar-refractivity contribution is 6.02. The van der Waals surface area contributed by atoms with Gasteiger partial charge in [0, 0.05) is 49.1 Å². The third-order valence-electron chi connectivity index (χ3n) is 11.8. The van der Waals surface area contributed by atoms with Crippen molar-refractivity contribution in [1.29, 1.82) is 0 Å². The first-order valence-electron chi connectivity index (χ1n) is 16.6. The molecule has 8 heterocycles. The van der Waals surface area contributed by atoms with Gasteiger partial charge in [0.15, 0.2) is 5.82 Å². The van der Waals surface area contributed by atoms with E-state index in [-0.39, 0.29) is 47.1 Å². The Morgan fingerprint density at radius 1 is 1.00 bits per heavy atom. The maximum atomic E-state index is 17.1. The number of alkyl halides is 1. The van der Waals surface area contributed by atoms with Crippen molar-refractivity contribution in [3.63, 3.8) is 0 Å². The lowest BCUT2D eigenvalue weighted by Crippen LogP contribution is -2.58. The van der Waals surface area contributed by atoms with Crippen LogP contribution in [0.4, 0.5) is 19.0 Å². The number of ether oxygens (including phenoxy) is 1. The molecule has 0 spiro atoms. The summed E-state index contributed by atoms with van der Waals surface area (Å²) in [6.07, 6.45) is 5.77. The Bertz CT molecular complexity index is 1900. The number of nitrogens with zero attached hydrogens (tertiary/aromatic N) is 5. The summed E-state index contributed by atoms with van der Waals surface area (Å²) in [5.41, 5.74) is 1.99. The number of rotatable bonds is 3. The van der Waals surface area contributed by atoms with Crippen LogP contribution in [-0.4, -0.2) is 75.9 Å². The normalized spacial score (nSPS) is 31.5. The molecule has 4 aromatic rings. The summed E-state index contributed by atoms with van der Waals surface area (Å²) in [6, 6.07) is 9.89. The SMILES string of the molecule is Fc1ccc2cccc3c2c1C[C@@H]1CC[C@@H]2[C@@H]4CC[C@H](CN2c2nc(OC[C@@]56CCCN5C[C@H](F)C6)nc5c(F)c-3nc1c25)N4.